The van der Waals surface area contributed by atoms with E-state index in [4.69, 9.17) is 4.74 Å². The molecular weight excluding hydrogens is 346 g/mol. The van der Waals surface area contributed by atoms with Crippen molar-refractivity contribution in [2.24, 2.45) is 10.4 Å². The molecule has 142 valence electrons. The number of fused-ring (bicyclic) bond motifs is 1. The van der Waals surface area contributed by atoms with Gasteiger partial charge in [0.25, 0.3) is 0 Å². The summed E-state index contributed by atoms with van der Waals surface area (Å²) in [7, 11) is 3.53. The normalized spacial score (nSPS) is 17.7. The molecule has 6 heteroatoms. The highest BCUT2D eigenvalue weighted by Gasteiger charge is 2.36. The van der Waals surface area contributed by atoms with E-state index in [1.165, 1.54) is 29.3 Å². The Bertz CT molecular complexity index is 706. The first-order chi connectivity index (χ1) is 12.7. The van der Waals surface area contributed by atoms with Crippen molar-refractivity contribution in [1.82, 2.24) is 10.6 Å². The van der Waals surface area contributed by atoms with E-state index in [2.05, 4.69) is 33.8 Å². The molecule has 2 aromatic rings. The van der Waals surface area contributed by atoms with Crippen LogP contribution in [-0.4, -0.2) is 44.9 Å². The number of aliphatic imine (C=N–C) groups is 1. The average molecular weight is 376 g/mol. The lowest BCUT2D eigenvalue weighted by molar-refractivity contribution is 0.0732. The number of nitrogens with zero attached hydrogens (tertiary/aromatic N) is 1. The summed E-state index contributed by atoms with van der Waals surface area (Å²) in [4.78, 5) is 5.27. The maximum atomic E-state index is 10.5. The van der Waals surface area contributed by atoms with E-state index in [1.54, 1.807) is 25.5 Å². The molecule has 3 N–H and O–H groups in total. The molecule has 1 aromatic heterocycles. The predicted octanol–water partition coefficient (Wildman–Crippen LogP) is 3.31. The van der Waals surface area contributed by atoms with Crippen molar-refractivity contribution in [3.8, 4) is 0 Å². The second kappa shape index (κ2) is 8.84. The van der Waals surface area contributed by atoms with Gasteiger partial charge in [0.2, 0.25) is 0 Å². The zero-order chi connectivity index (χ0) is 18.4. The summed E-state index contributed by atoms with van der Waals surface area (Å²) in [6.07, 6.45) is 4.31. The number of hydrogen-bond acceptors (Lipinski definition) is 4. The van der Waals surface area contributed by atoms with Crippen LogP contribution in [0.1, 0.15) is 36.7 Å². The monoisotopic (exact) mass is 375 g/mol. The van der Waals surface area contributed by atoms with Crippen LogP contribution in [0.25, 0.3) is 10.1 Å². The fourth-order valence-corrected chi connectivity index (χ4v) is 4.51. The minimum Gasteiger partial charge on any atom is -0.386 e. The topological polar surface area (TPSA) is 65.9 Å². The summed E-state index contributed by atoms with van der Waals surface area (Å²) in [5.41, 5.74) is 0.331. The van der Waals surface area contributed by atoms with Crippen molar-refractivity contribution in [2.75, 3.05) is 33.9 Å². The number of benzene rings is 1. The van der Waals surface area contributed by atoms with Crippen molar-refractivity contribution in [2.45, 2.75) is 31.8 Å². The van der Waals surface area contributed by atoms with Crippen LogP contribution < -0.4 is 10.6 Å². The fourth-order valence-electron chi connectivity index (χ4n) is 3.46. The van der Waals surface area contributed by atoms with E-state index in [-0.39, 0.29) is 0 Å². The number of rotatable bonds is 8. The number of ether oxygens (including phenoxy) is 1. The van der Waals surface area contributed by atoms with Crippen LogP contribution in [0.15, 0.2) is 35.3 Å². The molecule has 1 aliphatic carbocycles. The fraction of sp³-hybridized carbons (Fsp3) is 0.550. The molecular formula is C20H29N3O2S. The standard InChI is InChI=1S/C20H29N3O2S/c1-21-19(23-14-20(8-5-9-20)10-11-25-2)22-13-16(24)18-12-15-6-3-4-7-17(15)26-18/h3-4,6-7,12,16,24H,5,8-11,13-14H2,1-2H3,(H2,21,22,23). The Labute approximate surface area is 159 Å². The van der Waals surface area contributed by atoms with E-state index in [1.807, 2.05) is 12.1 Å². The predicted molar refractivity (Wildman–Crippen MR) is 109 cm³/mol. The Morgan fingerprint density at radius 3 is 2.81 bits per heavy atom. The summed E-state index contributed by atoms with van der Waals surface area (Å²) in [6.45, 7) is 2.14. The highest BCUT2D eigenvalue weighted by Crippen LogP contribution is 2.43. The smallest absolute Gasteiger partial charge is 0.191 e. The molecule has 3 rings (SSSR count). The number of methoxy groups -OCH3 is 1. The number of nitrogens with one attached hydrogen (secondary N) is 2. The molecule has 1 saturated carbocycles. The van der Waals surface area contributed by atoms with Gasteiger partial charge in [-0.15, -0.1) is 11.3 Å². The Hall–Kier alpha value is -1.63. The van der Waals surface area contributed by atoms with E-state index >= 15 is 0 Å². The van der Waals surface area contributed by atoms with Gasteiger partial charge < -0.3 is 20.5 Å². The third-order valence-electron chi connectivity index (χ3n) is 5.34. The van der Waals surface area contributed by atoms with Gasteiger partial charge in [-0.2, -0.15) is 0 Å². The molecule has 1 heterocycles. The Kier molecular flexibility index (Phi) is 6.51. The van der Waals surface area contributed by atoms with Crippen LogP contribution in [0, 0.1) is 5.41 Å². The van der Waals surface area contributed by atoms with Gasteiger partial charge >= 0.3 is 0 Å². The van der Waals surface area contributed by atoms with E-state index in [9.17, 15) is 5.11 Å². The number of guanidine groups is 1. The second-order valence-corrected chi connectivity index (χ2v) is 8.22. The van der Waals surface area contributed by atoms with Gasteiger partial charge in [-0.1, -0.05) is 24.6 Å². The molecule has 0 aliphatic heterocycles. The lowest BCUT2D eigenvalue weighted by Crippen LogP contribution is -2.47. The molecule has 1 unspecified atom stereocenters. The molecule has 26 heavy (non-hydrogen) atoms. The molecule has 0 radical (unpaired) electrons. The van der Waals surface area contributed by atoms with Gasteiger partial charge in [0, 0.05) is 43.4 Å². The van der Waals surface area contributed by atoms with E-state index in [0.29, 0.717) is 12.0 Å². The molecule has 0 saturated heterocycles. The Balaban J connectivity index is 1.50. The van der Waals surface area contributed by atoms with Gasteiger partial charge in [-0.3, -0.25) is 4.99 Å². The van der Waals surface area contributed by atoms with Gasteiger partial charge in [0.1, 0.15) is 6.10 Å². The molecule has 0 amide bonds. The quantitative estimate of drug-likeness (QED) is 0.489. The third-order valence-corrected chi connectivity index (χ3v) is 6.56. The lowest BCUT2D eigenvalue weighted by Gasteiger charge is -2.42. The maximum Gasteiger partial charge on any atom is 0.191 e. The van der Waals surface area contributed by atoms with Gasteiger partial charge in [-0.25, -0.2) is 0 Å². The van der Waals surface area contributed by atoms with Crippen LogP contribution in [0.3, 0.4) is 0 Å². The zero-order valence-electron chi connectivity index (χ0n) is 15.6. The van der Waals surface area contributed by atoms with Crippen molar-refractivity contribution in [3.63, 3.8) is 0 Å². The van der Waals surface area contributed by atoms with Crippen LogP contribution >= 0.6 is 11.3 Å². The number of aliphatic hydroxyl groups is 1. The summed E-state index contributed by atoms with van der Waals surface area (Å²) >= 11 is 1.64. The van der Waals surface area contributed by atoms with Crippen LogP contribution in [0.4, 0.5) is 0 Å². The zero-order valence-corrected chi connectivity index (χ0v) is 16.4. The lowest BCUT2D eigenvalue weighted by atomic mass is 9.67. The SMILES string of the molecule is CN=C(NCC(O)c1cc2ccccc2s1)NCC1(CCOC)CCC1. The molecule has 1 aromatic carbocycles. The highest BCUT2D eigenvalue weighted by atomic mass is 32.1. The van der Waals surface area contributed by atoms with E-state index in [0.717, 1.165) is 30.4 Å². The average Bonchev–Trinajstić information content (AvgIpc) is 3.07. The van der Waals surface area contributed by atoms with Crippen molar-refractivity contribution >= 4 is 27.4 Å². The molecule has 0 spiro atoms. The summed E-state index contributed by atoms with van der Waals surface area (Å²) < 4.78 is 6.46. The third kappa shape index (κ3) is 4.55. The van der Waals surface area contributed by atoms with Gasteiger partial charge in [-0.05, 0) is 42.2 Å². The number of hydrogen-bond donors (Lipinski definition) is 3. The first-order valence-corrected chi connectivity index (χ1v) is 10.1. The van der Waals surface area contributed by atoms with Gasteiger partial charge in [0.15, 0.2) is 5.96 Å². The summed E-state index contributed by atoms with van der Waals surface area (Å²) in [6, 6.07) is 10.3. The first kappa shape index (κ1) is 19.1. The van der Waals surface area contributed by atoms with Crippen LogP contribution in [0.5, 0.6) is 0 Å². The Morgan fingerprint density at radius 2 is 2.15 bits per heavy atom. The molecule has 5 nitrogen and oxygen atoms in total. The van der Waals surface area contributed by atoms with Gasteiger partial charge in [0.05, 0.1) is 0 Å². The minimum atomic E-state index is -0.544. The van der Waals surface area contributed by atoms with Crippen LogP contribution in [-0.2, 0) is 4.74 Å². The molecule has 1 atom stereocenters. The first-order valence-electron chi connectivity index (χ1n) is 9.26. The number of aliphatic hydroxyl groups excluding tert-OH is 1. The summed E-state index contributed by atoms with van der Waals surface area (Å²) in [5.74, 6) is 0.744. The number of thiophene rings is 1. The maximum absolute atomic E-state index is 10.5. The van der Waals surface area contributed by atoms with E-state index < -0.39 is 6.10 Å². The minimum absolute atomic E-state index is 0.331. The molecule has 1 aliphatic rings. The second-order valence-electron chi connectivity index (χ2n) is 7.11. The van der Waals surface area contributed by atoms with Crippen LogP contribution in [0.2, 0.25) is 0 Å². The summed E-state index contributed by atoms with van der Waals surface area (Å²) in [5, 5.41) is 18.4. The highest BCUT2D eigenvalue weighted by molar-refractivity contribution is 7.19. The molecule has 0 bridgehead atoms. The Morgan fingerprint density at radius 1 is 1.35 bits per heavy atom. The van der Waals surface area contributed by atoms with Crippen molar-refractivity contribution < 1.29 is 9.84 Å². The molecule has 1 fully saturated rings. The van der Waals surface area contributed by atoms with Crippen molar-refractivity contribution in [1.29, 1.82) is 0 Å². The largest absolute Gasteiger partial charge is 0.386 e. The van der Waals surface area contributed by atoms with Crippen molar-refractivity contribution in [3.05, 3.63) is 35.2 Å².